The van der Waals surface area contributed by atoms with E-state index in [1.54, 1.807) is 48.8 Å². The van der Waals surface area contributed by atoms with Crippen molar-refractivity contribution in [2.45, 2.75) is 6.42 Å². The van der Waals surface area contributed by atoms with Crippen LogP contribution >= 0.6 is 0 Å². The third-order valence-corrected chi connectivity index (χ3v) is 3.67. The minimum Gasteiger partial charge on any atom is -0.457 e. The van der Waals surface area contributed by atoms with Gasteiger partial charge < -0.3 is 15.4 Å². The fourth-order valence-electron chi connectivity index (χ4n) is 2.39. The molecule has 2 N–H and O–H groups in total. The molecular formula is C20H17F2N3O2. The van der Waals surface area contributed by atoms with Gasteiger partial charge >= 0.3 is 6.03 Å². The van der Waals surface area contributed by atoms with Gasteiger partial charge in [0.15, 0.2) is 0 Å². The lowest BCUT2D eigenvalue weighted by molar-refractivity contribution is 0.252. The molecule has 2 amide bonds. The zero-order valence-electron chi connectivity index (χ0n) is 14.3. The topological polar surface area (TPSA) is 63.2 Å². The van der Waals surface area contributed by atoms with Crippen molar-refractivity contribution >= 4 is 11.7 Å². The quantitative estimate of drug-likeness (QED) is 0.672. The summed E-state index contributed by atoms with van der Waals surface area (Å²) in [5.41, 5.74) is 0.886. The Balaban J connectivity index is 1.51. The van der Waals surface area contributed by atoms with Gasteiger partial charge in [0.1, 0.15) is 23.1 Å². The van der Waals surface area contributed by atoms with E-state index >= 15 is 0 Å². The lowest BCUT2D eigenvalue weighted by Gasteiger charge is -2.10. The first-order chi connectivity index (χ1) is 13.1. The van der Waals surface area contributed by atoms with Gasteiger partial charge in [-0.1, -0.05) is 12.1 Å². The molecule has 0 spiro atoms. The molecule has 0 atom stereocenters. The molecule has 7 heteroatoms. The highest BCUT2D eigenvalue weighted by atomic mass is 19.1. The zero-order chi connectivity index (χ0) is 19.1. The van der Waals surface area contributed by atoms with Crippen molar-refractivity contribution in [2.24, 2.45) is 0 Å². The van der Waals surface area contributed by atoms with Crippen LogP contribution in [-0.4, -0.2) is 17.6 Å². The predicted molar refractivity (Wildman–Crippen MR) is 97.8 cm³/mol. The number of nitrogens with one attached hydrogen (secondary N) is 2. The highest BCUT2D eigenvalue weighted by molar-refractivity contribution is 5.89. The van der Waals surface area contributed by atoms with Crippen molar-refractivity contribution in [2.75, 3.05) is 11.9 Å². The molecule has 2 aromatic carbocycles. The number of urea groups is 1. The van der Waals surface area contributed by atoms with Crippen molar-refractivity contribution in [3.05, 3.63) is 84.2 Å². The number of nitrogens with zero attached hydrogens (tertiary/aromatic N) is 1. The molecule has 0 aliphatic rings. The van der Waals surface area contributed by atoms with Crippen LogP contribution in [0.4, 0.5) is 19.3 Å². The lowest BCUT2D eigenvalue weighted by atomic mass is 10.1. The van der Waals surface area contributed by atoms with E-state index < -0.39 is 17.7 Å². The first kappa shape index (κ1) is 18.3. The molecule has 0 saturated heterocycles. The van der Waals surface area contributed by atoms with Crippen molar-refractivity contribution in [3.8, 4) is 11.5 Å². The molecule has 0 saturated carbocycles. The second-order valence-corrected chi connectivity index (χ2v) is 5.68. The maximum Gasteiger partial charge on any atom is 0.319 e. The zero-order valence-corrected chi connectivity index (χ0v) is 14.3. The molecule has 138 valence electrons. The van der Waals surface area contributed by atoms with Crippen molar-refractivity contribution in [1.82, 2.24) is 10.3 Å². The summed E-state index contributed by atoms with van der Waals surface area (Å²) in [7, 11) is 0. The molecule has 3 aromatic rings. The predicted octanol–water partition coefficient (Wildman–Crippen LogP) is 4.52. The minimum absolute atomic E-state index is 0.210. The number of ether oxygens (including phenoxy) is 1. The summed E-state index contributed by atoms with van der Waals surface area (Å²) in [6.45, 7) is 0.210. The number of benzene rings is 2. The summed E-state index contributed by atoms with van der Waals surface area (Å²) < 4.78 is 32.1. The summed E-state index contributed by atoms with van der Waals surface area (Å²) in [5.74, 6) is -0.0608. The van der Waals surface area contributed by atoms with Crippen LogP contribution < -0.4 is 15.4 Å². The number of hydrogen-bond acceptors (Lipinski definition) is 3. The Labute approximate surface area is 155 Å². The van der Waals surface area contributed by atoms with Crippen LogP contribution in [-0.2, 0) is 6.42 Å². The monoisotopic (exact) mass is 369 g/mol. The first-order valence-corrected chi connectivity index (χ1v) is 8.27. The summed E-state index contributed by atoms with van der Waals surface area (Å²) in [5, 5.41) is 5.31. The third-order valence-electron chi connectivity index (χ3n) is 3.67. The Bertz CT molecular complexity index is 920. The Kier molecular flexibility index (Phi) is 5.94. The number of anilines is 1. The Morgan fingerprint density at radius 3 is 2.59 bits per heavy atom. The van der Waals surface area contributed by atoms with Crippen LogP contribution in [0, 0.1) is 11.6 Å². The number of carbonyl (C=O) groups excluding carboxylic acids is 1. The van der Waals surface area contributed by atoms with Gasteiger partial charge in [0.05, 0.1) is 0 Å². The number of pyridine rings is 1. The smallest absolute Gasteiger partial charge is 0.319 e. The molecule has 27 heavy (non-hydrogen) atoms. The van der Waals surface area contributed by atoms with Crippen LogP contribution in [0.5, 0.6) is 11.5 Å². The molecule has 0 aliphatic carbocycles. The molecule has 0 fully saturated rings. The van der Waals surface area contributed by atoms with Gasteiger partial charge in [-0.25, -0.2) is 13.6 Å². The van der Waals surface area contributed by atoms with Crippen LogP contribution in [0.1, 0.15) is 5.56 Å². The molecule has 0 radical (unpaired) electrons. The van der Waals surface area contributed by atoms with Crippen LogP contribution in [0.25, 0.3) is 0 Å². The maximum atomic E-state index is 13.6. The summed E-state index contributed by atoms with van der Waals surface area (Å²) in [6, 6.07) is 13.3. The highest BCUT2D eigenvalue weighted by Crippen LogP contribution is 2.23. The number of amides is 2. The second-order valence-electron chi connectivity index (χ2n) is 5.68. The molecule has 5 nitrogen and oxygen atoms in total. The molecule has 0 unspecified atom stereocenters. The normalized spacial score (nSPS) is 10.3. The molecule has 3 rings (SSSR count). The summed E-state index contributed by atoms with van der Waals surface area (Å²) in [6.07, 6.45) is 3.49. The number of rotatable bonds is 6. The summed E-state index contributed by atoms with van der Waals surface area (Å²) >= 11 is 0. The van der Waals surface area contributed by atoms with E-state index in [0.717, 1.165) is 6.07 Å². The summed E-state index contributed by atoms with van der Waals surface area (Å²) in [4.78, 5) is 15.9. The van der Waals surface area contributed by atoms with E-state index in [0.29, 0.717) is 22.7 Å². The maximum absolute atomic E-state index is 13.6. The van der Waals surface area contributed by atoms with Gasteiger partial charge in [-0.05, 0) is 42.3 Å². The molecule has 1 heterocycles. The Morgan fingerprint density at radius 2 is 1.81 bits per heavy atom. The van der Waals surface area contributed by atoms with E-state index in [9.17, 15) is 13.6 Å². The minimum atomic E-state index is -0.629. The highest BCUT2D eigenvalue weighted by Gasteiger charge is 2.06. The Hall–Kier alpha value is -3.48. The average molecular weight is 369 g/mol. The van der Waals surface area contributed by atoms with Crippen LogP contribution in [0.3, 0.4) is 0 Å². The lowest BCUT2D eigenvalue weighted by Crippen LogP contribution is -2.30. The van der Waals surface area contributed by atoms with Crippen molar-refractivity contribution in [1.29, 1.82) is 0 Å². The van der Waals surface area contributed by atoms with E-state index in [1.807, 2.05) is 0 Å². The largest absolute Gasteiger partial charge is 0.457 e. The number of aromatic nitrogens is 1. The van der Waals surface area contributed by atoms with Crippen molar-refractivity contribution in [3.63, 3.8) is 0 Å². The number of halogens is 2. The second kappa shape index (κ2) is 8.75. The van der Waals surface area contributed by atoms with Gasteiger partial charge in [0.25, 0.3) is 0 Å². The fourth-order valence-corrected chi connectivity index (χ4v) is 2.39. The van der Waals surface area contributed by atoms with Gasteiger partial charge in [0.2, 0.25) is 0 Å². The van der Waals surface area contributed by atoms with Crippen molar-refractivity contribution < 1.29 is 18.3 Å². The molecular weight excluding hydrogens is 352 g/mol. The van der Waals surface area contributed by atoms with Gasteiger partial charge in [-0.3, -0.25) is 4.98 Å². The van der Waals surface area contributed by atoms with E-state index in [1.165, 1.54) is 12.1 Å². The Morgan fingerprint density at radius 1 is 1.00 bits per heavy atom. The van der Waals surface area contributed by atoms with E-state index in [4.69, 9.17) is 4.74 Å². The number of hydrogen-bond donors (Lipinski definition) is 2. The SMILES string of the molecule is O=C(NCCc1ccc(F)cc1F)Nc1cccc(Oc2ccncc2)c1. The standard InChI is InChI=1S/C20H17F2N3O2/c21-15-5-4-14(19(22)12-15)6-11-24-20(26)25-16-2-1-3-18(13-16)27-17-7-9-23-10-8-17/h1-5,7-10,12-13H,6,11H2,(H2,24,25,26). The van der Waals surface area contributed by atoms with Crippen LogP contribution in [0.2, 0.25) is 0 Å². The van der Waals surface area contributed by atoms with Gasteiger partial charge in [-0.15, -0.1) is 0 Å². The van der Waals surface area contributed by atoms with Gasteiger partial charge in [0, 0.05) is 36.8 Å². The van der Waals surface area contributed by atoms with E-state index in [2.05, 4.69) is 15.6 Å². The molecule has 0 aliphatic heterocycles. The molecule has 1 aromatic heterocycles. The van der Waals surface area contributed by atoms with Crippen LogP contribution in [0.15, 0.2) is 67.0 Å². The average Bonchev–Trinajstić information content (AvgIpc) is 2.65. The van der Waals surface area contributed by atoms with Gasteiger partial charge in [-0.2, -0.15) is 0 Å². The third kappa shape index (κ3) is 5.50. The fraction of sp³-hybridized carbons (Fsp3) is 0.100. The van der Waals surface area contributed by atoms with E-state index in [-0.39, 0.29) is 13.0 Å². The first-order valence-electron chi connectivity index (χ1n) is 8.27. The number of carbonyl (C=O) groups is 1. The molecule has 0 bridgehead atoms.